The van der Waals surface area contributed by atoms with Gasteiger partial charge in [0.2, 0.25) is 5.91 Å². The second-order valence-electron chi connectivity index (χ2n) is 4.06. The van der Waals surface area contributed by atoms with E-state index in [1.165, 1.54) is 6.07 Å². The lowest BCUT2D eigenvalue weighted by molar-refractivity contribution is -0.115. The van der Waals surface area contributed by atoms with Crippen LogP contribution in [0.5, 0.6) is 0 Å². The van der Waals surface area contributed by atoms with E-state index in [4.69, 9.17) is 5.11 Å². The summed E-state index contributed by atoms with van der Waals surface area (Å²) in [5.41, 5.74) is 0.613. The number of hydrogen-bond donors (Lipinski definition) is 2. The number of amides is 1. The van der Waals surface area contributed by atoms with Crippen LogP contribution in [0.25, 0.3) is 0 Å². The van der Waals surface area contributed by atoms with E-state index < -0.39 is 5.97 Å². The van der Waals surface area contributed by atoms with Crippen LogP contribution >= 0.6 is 0 Å². The molecule has 0 spiro atoms. The Bertz CT molecular complexity index is 619. The summed E-state index contributed by atoms with van der Waals surface area (Å²) in [6.45, 7) is 0. The Morgan fingerprint density at radius 2 is 2.05 bits per heavy atom. The molecule has 1 amide bonds. The average molecular weight is 259 g/mol. The zero-order valence-electron chi connectivity index (χ0n) is 10.3. The van der Waals surface area contributed by atoms with E-state index in [2.05, 4.69) is 10.4 Å². The van der Waals surface area contributed by atoms with Crippen LogP contribution in [0.1, 0.15) is 15.9 Å². The fourth-order valence-electron chi connectivity index (χ4n) is 1.72. The molecule has 0 aliphatic carbocycles. The number of carbonyl (C=O) groups is 2. The molecule has 0 bridgehead atoms. The van der Waals surface area contributed by atoms with Crippen LogP contribution in [0.2, 0.25) is 0 Å². The Morgan fingerprint density at radius 3 is 2.68 bits per heavy atom. The van der Waals surface area contributed by atoms with Crippen LogP contribution in [-0.2, 0) is 18.3 Å². The van der Waals surface area contributed by atoms with Gasteiger partial charge in [-0.2, -0.15) is 5.10 Å². The van der Waals surface area contributed by atoms with Crippen LogP contribution in [0.4, 0.5) is 5.82 Å². The van der Waals surface area contributed by atoms with Crippen LogP contribution in [0, 0.1) is 0 Å². The number of rotatable bonds is 4. The fraction of sp³-hybridized carbons (Fsp3) is 0.154. The van der Waals surface area contributed by atoms with E-state index in [1.807, 2.05) is 0 Å². The summed E-state index contributed by atoms with van der Waals surface area (Å²) in [6.07, 6.45) is 1.71. The van der Waals surface area contributed by atoms with Gasteiger partial charge >= 0.3 is 5.97 Å². The molecule has 0 saturated heterocycles. The molecule has 2 N–H and O–H groups in total. The maximum Gasteiger partial charge on any atom is 0.335 e. The highest BCUT2D eigenvalue weighted by molar-refractivity contribution is 5.95. The van der Waals surface area contributed by atoms with Gasteiger partial charge in [0.05, 0.1) is 12.0 Å². The average Bonchev–Trinajstić information content (AvgIpc) is 2.75. The van der Waals surface area contributed by atoms with E-state index in [1.54, 1.807) is 42.2 Å². The molecule has 19 heavy (non-hydrogen) atoms. The molecule has 0 atom stereocenters. The molecule has 2 rings (SSSR count). The molecule has 6 nitrogen and oxygen atoms in total. The molecule has 98 valence electrons. The Labute approximate surface area is 109 Å². The van der Waals surface area contributed by atoms with Crippen molar-refractivity contribution in [1.82, 2.24) is 9.78 Å². The van der Waals surface area contributed by atoms with Crippen molar-refractivity contribution >= 4 is 17.7 Å². The first-order valence-corrected chi connectivity index (χ1v) is 5.67. The zero-order valence-corrected chi connectivity index (χ0v) is 10.3. The predicted octanol–water partition coefficient (Wildman–Crippen LogP) is 1.30. The van der Waals surface area contributed by atoms with E-state index in [9.17, 15) is 9.59 Å². The number of carbonyl (C=O) groups excluding carboxylic acids is 1. The largest absolute Gasteiger partial charge is 0.478 e. The van der Waals surface area contributed by atoms with E-state index in [0.29, 0.717) is 11.4 Å². The minimum absolute atomic E-state index is 0.000945. The second-order valence-corrected chi connectivity index (χ2v) is 4.06. The molecule has 0 unspecified atom stereocenters. The summed E-state index contributed by atoms with van der Waals surface area (Å²) >= 11 is 0. The standard InChI is InChI=1S/C13H13N3O3/c1-16-7-6-11(15-16)14-12(17)8-9-4-2-3-5-10(9)13(18)19/h2-7H,8H2,1H3,(H,18,19)(H,14,15,17). The third-order valence-electron chi connectivity index (χ3n) is 2.58. The SMILES string of the molecule is Cn1ccc(NC(=O)Cc2ccccc2C(=O)O)n1. The predicted molar refractivity (Wildman–Crippen MR) is 68.9 cm³/mol. The van der Waals surface area contributed by atoms with Gasteiger partial charge in [-0.05, 0) is 11.6 Å². The first kappa shape index (κ1) is 12.8. The summed E-state index contributed by atoms with van der Waals surface area (Å²) in [5.74, 6) is -0.894. The van der Waals surface area contributed by atoms with E-state index in [0.717, 1.165) is 0 Å². The summed E-state index contributed by atoms with van der Waals surface area (Å²) in [7, 11) is 1.75. The maximum atomic E-state index is 11.8. The third kappa shape index (κ3) is 3.19. The monoisotopic (exact) mass is 259 g/mol. The molecule has 2 aromatic rings. The number of aromatic carboxylic acids is 1. The Balaban J connectivity index is 2.09. The van der Waals surface area contributed by atoms with E-state index >= 15 is 0 Å². The molecule has 1 aromatic carbocycles. The summed E-state index contributed by atoms with van der Waals surface area (Å²) in [5, 5.41) is 15.7. The first-order chi connectivity index (χ1) is 9.06. The highest BCUT2D eigenvalue weighted by Gasteiger charge is 2.13. The first-order valence-electron chi connectivity index (χ1n) is 5.67. The molecule has 1 aromatic heterocycles. The number of benzene rings is 1. The zero-order chi connectivity index (χ0) is 13.8. The van der Waals surface area contributed by atoms with Crippen molar-refractivity contribution < 1.29 is 14.7 Å². The second kappa shape index (κ2) is 5.34. The van der Waals surface area contributed by atoms with Gasteiger partial charge in [-0.15, -0.1) is 0 Å². The van der Waals surface area contributed by atoms with Crippen LogP contribution in [0.15, 0.2) is 36.5 Å². The third-order valence-corrected chi connectivity index (χ3v) is 2.58. The van der Waals surface area contributed by atoms with Gasteiger partial charge in [0.1, 0.15) is 0 Å². The molecule has 1 heterocycles. The van der Waals surface area contributed by atoms with Crippen LogP contribution in [-0.4, -0.2) is 26.8 Å². The molecule has 0 aliphatic rings. The van der Waals surface area contributed by atoms with Crippen molar-refractivity contribution in [3.63, 3.8) is 0 Å². The molecule has 0 saturated carbocycles. The van der Waals surface area contributed by atoms with Crippen LogP contribution in [0.3, 0.4) is 0 Å². The number of aromatic nitrogens is 2. The van der Waals surface area contributed by atoms with Crippen LogP contribution < -0.4 is 5.32 Å². The number of aryl methyl sites for hydroxylation is 1. The molecule has 0 fully saturated rings. The number of nitrogens with zero attached hydrogens (tertiary/aromatic N) is 2. The Hall–Kier alpha value is -2.63. The van der Waals surface area contributed by atoms with E-state index in [-0.39, 0.29) is 17.9 Å². The fourth-order valence-corrected chi connectivity index (χ4v) is 1.72. The van der Waals surface area contributed by atoms with Crippen molar-refractivity contribution in [2.24, 2.45) is 7.05 Å². The minimum atomic E-state index is -1.04. The normalized spacial score (nSPS) is 10.2. The van der Waals surface area contributed by atoms with Crippen molar-refractivity contribution in [3.05, 3.63) is 47.7 Å². The van der Waals surface area contributed by atoms with Crippen molar-refractivity contribution in [3.8, 4) is 0 Å². The quantitative estimate of drug-likeness (QED) is 0.866. The van der Waals surface area contributed by atoms with Gasteiger partial charge in [0.15, 0.2) is 5.82 Å². The molecular weight excluding hydrogens is 246 g/mol. The topological polar surface area (TPSA) is 84.2 Å². The van der Waals surface area contributed by atoms with Gasteiger partial charge < -0.3 is 10.4 Å². The number of hydrogen-bond acceptors (Lipinski definition) is 3. The maximum absolute atomic E-state index is 11.8. The minimum Gasteiger partial charge on any atom is -0.478 e. The van der Waals surface area contributed by atoms with Gasteiger partial charge in [-0.1, -0.05) is 18.2 Å². The lowest BCUT2D eigenvalue weighted by Crippen LogP contribution is -2.16. The summed E-state index contributed by atoms with van der Waals surface area (Å²) < 4.78 is 1.57. The van der Waals surface area contributed by atoms with Gasteiger partial charge in [0.25, 0.3) is 0 Å². The summed E-state index contributed by atoms with van der Waals surface area (Å²) in [4.78, 5) is 22.8. The highest BCUT2D eigenvalue weighted by atomic mass is 16.4. The molecule has 0 radical (unpaired) electrons. The number of carboxylic acids is 1. The molecule has 0 aliphatic heterocycles. The van der Waals surface area contributed by atoms with Crippen molar-refractivity contribution in [1.29, 1.82) is 0 Å². The van der Waals surface area contributed by atoms with Crippen molar-refractivity contribution in [2.45, 2.75) is 6.42 Å². The van der Waals surface area contributed by atoms with Crippen molar-refractivity contribution in [2.75, 3.05) is 5.32 Å². The Kier molecular flexibility index (Phi) is 3.61. The number of nitrogens with one attached hydrogen (secondary N) is 1. The lowest BCUT2D eigenvalue weighted by atomic mass is 10.0. The smallest absolute Gasteiger partial charge is 0.335 e. The van der Waals surface area contributed by atoms with Gasteiger partial charge in [-0.3, -0.25) is 9.48 Å². The molecular formula is C13H13N3O3. The highest BCUT2D eigenvalue weighted by Crippen LogP contribution is 2.11. The lowest BCUT2D eigenvalue weighted by Gasteiger charge is -2.05. The summed E-state index contributed by atoms with van der Waals surface area (Å²) in [6, 6.07) is 8.10. The molecule has 6 heteroatoms. The Morgan fingerprint density at radius 1 is 1.32 bits per heavy atom. The number of anilines is 1. The van der Waals surface area contributed by atoms with Gasteiger partial charge in [-0.25, -0.2) is 4.79 Å². The van der Waals surface area contributed by atoms with Gasteiger partial charge in [0, 0.05) is 19.3 Å². The number of carboxylic acid groups (broad SMARTS) is 1.